The lowest BCUT2D eigenvalue weighted by molar-refractivity contribution is -0.123. The third kappa shape index (κ3) is 5.03. The number of hydrogen-bond donors (Lipinski definition) is 1. The Hall–Kier alpha value is -2.02. The molecule has 0 bridgehead atoms. The summed E-state index contributed by atoms with van der Waals surface area (Å²) in [5, 5.41) is 4.17. The van der Waals surface area contributed by atoms with Gasteiger partial charge in [-0.2, -0.15) is 0 Å². The van der Waals surface area contributed by atoms with Gasteiger partial charge in [0.25, 0.3) is 5.91 Å². The van der Waals surface area contributed by atoms with E-state index >= 15 is 0 Å². The topological polar surface area (TPSA) is 56.2 Å². The first-order valence-electron chi connectivity index (χ1n) is 8.04. The summed E-state index contributed by atoms with van der Waals surface area (Å²) in [7, 11) is 1.87. The molecule has 2 aromatic carbocycles. The quantitative estimate of drug-likeness (QED) is 0.566. The minimum atomic E-state index is -0.424. The molecule has 0 radical (unpaired) electrons. The predicted octanol–water partition coefficient (Wildman–Crippen LogP) is 4.77. The van der Waals surface area contributed by atoms with Crippen LogP contribution < -0.4 is 10.1 Å². The lowest BCUT2D eigenvalue weighted by Gasteiger charge is -2.19. The fraction of sp³-hybridized carbons (Fsp3) is 0.158. The summed E-state index contributed by atoms with van der Waals surface area (Å²) in [5.74, 6) is 0.965. The second kappa shape index (κ2) is 8.78. The maximum atomic E-state index is 12.5. The number of halogens is 3. The number of rotatable bonds is 6. The summed E-state index contributed by atoms with van der Waals surface area (Å²) < 4.78 is 8.13. The third-order valence-corrected chi connectivity index (χ3v) is 4.98. The second-order valence-corrected chi connectivity index (χ2v) is 7.54. The van der Waals surface area contributed by atoms with Crippen molar-refractivity contribution in [2.75, 3.05) is 6.61 Å². The van der Waals surface area contributed by atoms with Crippen LogP contribution in [0.15, 0.2) is 59.3 Å². The Bertz CT molecular complexity index is 944. The van der Waals surface area contributed by atoms with Gasteiger partial charge in [0.1, 0.15) is 17.6 Å². The van der Waals surface area contributed by atoms with E-state index in [-0.39, 0.29) is 12.5 Å². The zero-order chi connectivity index (χ0) is 19.4. The predicted molar refractivity (Wildman–Crippen MR) is 109 cm³/mol. The fourth-order valence-electron chi connectivity index (χ4n) is 2.55. The first-order valence-corrected chi connectivity index (χ1v) is 9.59. The van der Waals surface area contributed by atoms with Crippen LogP contribution in [-0.2, 0) is 11.8 Å². The van der Waals surface area contributed by atoms with Gasteiger partial charge in [0.05, 0.1) is 4.47 Å². The van der Waals surface area contributed by atoms with Crippen molar-refractivity contribution in [2.24, 2.45) is 7.05 Å². The van der Waals surface area contributed by atoms with Crippen LogP contribution in [-0.4, -0.2) is 22.1 Å². The molecule has 1 aromatic heterocycles. The van der Waals surface area contributed by atoms with Crippen LogP contribution in [0.4, 0.5) is 0 Å². The molecule has 0 aliphatic rings. The number of carbonyl (C=O) groups excluding carboxylic acids is 1. The van der Waals surface area contributed by atoms with Gasteiger partial charge < -0.3 is 14.6 Å². The van der Waals surface area contributed by atoms with Gasteiger partial charge in [-0.15, -0.1) is 0 Å². The van der Waals surface area contributed by atoms with Crippen molar-refractivity contribution in [3.05, 3.63) is 80.8 Å². The van der Waals surface area contributed by atoms with Crippen molar-refractivity contribution < 1.29 is 9.53 Å². The Balaban J connectivity index is 1.74. The Kier molecular flexibility index (Phi) is 6.42. The van der Waals surface area contributed by atoms with Crippen LogP contribution in [0.3, 0.4) is 0 Å². The Morgan fingerprint density at radius 1 is 1.22 bits per heavy atom. The smallest absolute Gasteiger partial charge is 0.258 e. The zero-order valence-corrected chi connectivity index (χ0v) is 17.4. The van der Waals surface area contributed by atoms with E-state index < -0.39 is 6.04 Å². The van der Waals surface area contributed by atoms with Gasteiger partial charge >= 0.3 is 0 Å². The van der Waals surface area contributed by atoms with Gasteiger partial charge in [-0.1, -0.05) is 35.3 Å². The average molecular weight is 469 g/mol. The normalized spacial score (nSPS) is 11.9. The number of aromatic nitrogens is 2. The molecule has 5 nitrogen and oxygen atoms in total. The lowest BCUT2D eigenvalue weighted by Crippen LogP contribution is -2.34. The van der Waals surface area contributed by atoms with E-state index in [1.165, 1.54) is 0 Å². The van der Waals surface area contributed by atoms with Crippen LogP contribution in [0.1, 0.15) is 17.4 Å². The summed E-state index contributed by atoms with van der Waals surface area (Å²) >= 11 is 15.3. The Morgan fingerprint density at radius 3 is 2.56 bits per heavy atom. The third-order valence-electron chi connectivity index (χ3n) is 3.88. The molecule has 1 N–H and O–H groups in total. The molecule has 1 heterocycles. The fourth-order valence-corrected chi connectivity index (χ4v) is 3.47. The largest absolute Gasteiger partial charge is 0.483 e. The molecule has 0 saturated heterocycles. The zero-order valence-electron chi connectivity index (χ0n) is 14.3. The van der Waals surface area contributed by atoms with Crippen molar-refractivity contribution in [3.63, 3.8) is 0 Å². The Morgan fingerprint density at radius 2 is 1.93 bits per heavy atom. The molecule has 0 fully saturated rings. The van der Waals surface area contributed by atoms with E-state index in [4.69, 9.17) is 27.9 Å². The number of nitrogens with one attached hydrogen (secondary N) is 1. The number of benzene rings is 2. The first kappa shape index (κ1) is 19.7. The molecule has 140 valence electrons. The Labute approximate surface area is 175 Å². The summed E-state index contributed by atoms with van der Waals surface area (Å²) in [4.78, 5) is 16.9. The van der Waals surface area contributed by atoms with E-state index in [2.05, 4.69) is 26.2 Å². The minimum Gasteiger partial charge on any atom is -0.483 e. The van der Waals surface area contributed by atoms with Crippen LogP contribution >= 0.6 is 39.1 Å². The molecule has 1 atom stereocenters. The molecular weight excluding hydrogens is 453 g/mol. The van der Waals surface area contributed by atoms with Gasteiger partial charge in [-0.3, -0.25) is 4.79 Å². The van der Waals surface area contributed by atoms with Gasteiger partial charge in [0.2, 0.25) is 0 Å². The van der Waals surface area contributed by atoms with Gasteiger partial charge in [0, 0.05) is 29.5 Å². The van der Waals surface area contributed by atoms with E-state index in [9.17, 15) is 4.79 Å². The highest BCUT2D eigenvalue weighted by Crippen LogP contribution is 2.28. The highest BCUT2D eigenvalue weighted by molar-refractivity contribution is 9.10. The highest BCUT2D eigenvalue weighted by Gasteiger charge is 2.21. The monoisotopic (exact) mass is 467 g/mol. The van der Waals surface area contributed by atoms with Crippen LogP contribution in [0.25, 0.3) is 0 Å². The molecule has 0 aliphatic heterocycles. The van der Waals surface area contributed by atoms with Gasteiger partial charge in [-0.25, -0.2) is 4.98 Å². The van der Waals surface area contributed by atoms with E-state index in [0.29, 0.717) is 26.1 Å². The molecule has 3 aromatic rings. The van der Waals surface area contributed by atoms with Gasteiger partial charge in [0.15, 0.2) is 6.61 Å². The van der Waals surface area contributed by atoms with E-state index in [0.717, 1.165) is 5.56 Å². The SMILES string of the molecule is Cn1ccnc1C(NC(=O)COc1ccc(Cl)cc1Br)c1ccc(Cl)cc1. The molecule has 0 aliphatic carbocycles. The van der Waals surface area contributed by atoms with Gasteiger partial charge in [-0.05, 0) is 51.8 Å². The first-order chi connectivity index (χ1) is 12.9. The number of aryl methyl sites for hydroxylation is 1. The maximum absolute atomic E-state index is 12.5. The number of imidazole rings is 1. The number of nitrogens with zero attached hydrogens (tertiary/aromatic N) is 2. The number of ether oxygens (including phenoxy) is 1. The standard InChI is InChI=1S/C19H16BrCl2N3O2/c1-25-9-8-23-19(25)18(12-2-4-13(21)5-3-12)24-17(26)11-27-16-7-6-14(22)10-15(16)20/h2-10,18H,11H2,1H3,(H,24,26). The molecule has 1 amide bonds. The molecule has 8 heteroatoms. The summed E-state index contributed by atoms with van der Waals surface area (Å²) in [6.07, 6.45) is 3.51. The lowest BCUT2D eigenvalue weighted by atomic mass is 10.1. The molecule has 27 heavy (non-hydrogen) atoms. The average Bonchev–Trinajstić information content (AvgIpc) is 3.05. The second-order valence-electron chi connectivity index (χ2n) is 5.81. The molecule has 1 unspecified atom stereocenters. The summed E-state index contributed by atoms with van der Waals surface area (Å²) in [5.41, 5.74) is 0.870. The maximum Gasteiger partial charge on any atom is 0.258 e. The van der Waals surface area contributed by atoms with Crippen molar-refractivity contribution in [1.29, 1.82) is 0 Å². The van der Waals surface area contributed by atoms with Crippen LogP contribution in [0, 0.1) is 0 Å². The number of carbonyl (C=O) groups is 1. The summed E-state index contributed by atoms with van der Waals surface area (Å²) in [6, 6.07) is 12.0. The molecule has 3 rings (SSSR count). The van der Waals surface area contributed by atoms with E-state index in [1.54, 1.807) is 36.5 Å². The van der Waals surface area contributed by atoms with Crippen molar-refractivity contribution in [1.82, 2.24) is 14.9 Å². The van der Waals surface area contributed by atoms with Crippen molar-refractivity contribution >= 4 is 45.0 Å². The molecular formula is C19H16BrCl2N3O2. The number of amides is 1. The summed E-state index contributed by atoms with van der Waals surface area (Å²) in [6.45, 7) is -0.144. The van der Waals surface area contributed by atoms with Crippen LogP contribution in [0.5, 0.6) is 5.75 Å². The molecule has 0 saturated carbocycles. The van der Waals surface area contributed by atoms with Crippen molar-refractivity contribution in [3.8, 4) is 5.75 Å². The van der Waals surface area contributed by atoms with Crippen molar-refractivity contribution in [2.45, 2.75) is 6.04 Å². The highest BCUT2D eigenvalue weighted by atomic mass is 79.9. The molecule has 0 spiro atoms. The van der Waals surface area contributed by atoms with E-state index in [1.807, 2.05) is 29.9 Å². The van der Waals surface area contributed by atoms with Crippen LogP contribution in [0.2, 0.25) is 10.0 Å². The minimum absolute atomic E-state index is 0.144. The number of hydrogen-bond acceptors (Lipinski definition) is 3.